The Balaban J connectivity index is 2.09. The van der Waals surface area contributed by atoms with E-state index in [1.807, 2.05) is 5.38 Å². The van der Waals surface area contributed by atoms with E-state index in [0.29, 0.717) is 18.1 Å². The lowest BCUT2D eigenvalue weighted by Gasteiger charge is -2.09. The summed E-state index contributed by atoms with van der Waals surface area (Å²) in [6.45, 7) is 0.610. The second-order valence-electron chi connectivity index (χ2n) is 3.65. The van der Waals surface area contributed by atoms with Gasteiger partial charge in [0.05, 0.1) is 17.0 Å². The summed E-state index contributed by atoms with van der Waals surface area (Å²) in [5.74, 6) is -1.05. The Bertz CT molecular complexity index is 610. The molecule has 0 aliphatic rings. The van der Waals surface area contributed by atoms with Crippen molar-refractivity contribution in [3.8, 4) is 0 Å². The third-order valence-electron chi connectivity index (χ3n) is 2.27. The van der Waals surface area contributed by atoms with Crippen molar-refractivity contribution in [2.75, 3.05) is 5.75 Å². The predicted octanol–water partition coefficient (Wildman–Crippen LogP) is 1.12. The lowest BCUT2D eigenvalue weighted by atomic mass is 10.3. The van der Waals surface area contributed by atoms with Crippen molar-refractivity contribution in [2.24, 2.45) is 0 Å². The number of aromatic nitrogens is 3. The summed E-state index contributed by atoms with van der Waals surface area (Å²) >= 11 is 2.57. The maximum Gasteiger partial charge on any atom is 0.313 e. The lowest BCUT2D eigenvalue weighted by Crippen LogP contribution is -2.15. The molecule has 1 N–H and O–H groups in total. The van der Waals surface area contributed by atoms with Crippen molar-refractivity contribution < 1.29 is 9.90 Å². The standard InChI is InChI=1S/C11H11N3O3S2/c15-9-2-4-14(3-1-8-5-18-7-12-8)11(13-9)19-6-10(16)17/h2,4-5,7H,1,3,6H2,(H,16,17). The molecule has 0 aliphatic heterocycles. The summed E-state index contributed by atoms with van der Waals surface area (Å²) < 4.78 is 1.77. The highest BCUT2D eigenvalue weighted by atomic mass is 32.2. The second-order valence-corrected chi connectivity index (χ2v) is 5.32. The predicted molar refractivity (Wildman–Crippen MR) is 72.7 cm³/mol. The first-order valence-corrected chi connectivity index (χ1v) is 7.37. The number of nitrogens with zero attached hydrogens (tertiary/aromatic N) is 3. The molecule has 8 heteroatoms. The van der Waals surface area contributed by atoms with Gasteiger partial charge in [-0.25, -0.2) is 4.98 Å². The molecule has 0 amide bonds. The van der Waals surface area contributed by atoms with E-state index in [4.69, 9.17) is 5.11 Å². The van der Waals surface area contributed by atoms with Crippen LogP contribution in [-0.4, -0.2) is 31.4 Å². The molecule has 6 nitrogen and oxygen atoms in total. The Morgan fingerprint density at radius 3 is 3.05 bits per heavy atom. The molecular weight excluding hydrogens is 286 g/mol. The highest BCUT2D eigenvalue weighted by molar-refractivity contribution is 7.99. The average molecular weight is 297 g/mol. The van der Waals surface area contributed by atoms with Gasteiger partial charge in [0.1, 0.15) is 0 Å². The minimum atomic E-state index is -0.936. The van der Waals surface area contributed by atoms with Crippen LogP contribution in [0.15, 0.2) is 33.1 Å². The Kier molecular flexibility index (Phi) is 4.69. The van der Waals surface area contributed by atoms with Crippen LogP contribution in [0.1, 0.15) is 5.69 Å². The maximum absolute atomic E-state index is 11.2. The quantitative estimate of drug-likeness (QED) is 0.635. The largest absolute Gasteiger partial charge is 0.481 e. The van der Waals surface area contributed by atoms with E-state index in [9.17, 15) is 9.59 Å². The van der Waals surface area contributed by atoms with Gasteiger partial charge in [-0.15, -0.1) is 11.3 Å². The summed E-state index contributed by atoms with van der Waals surface area (Å²) in [5.41, 5.74) is 2.37. The van der Waals surface area contributed by atoms with Gasteiger partial charge < -0.3 is 9.67 Å². The number of thioether (sulfide) groups is 1. The Hall–Kier alpha value is -1.67. The first-order chi connectivity index (χ1) is 9.15. The number of aryl methyl sites for hydroxylation is 2. The molecule has 0 radical (unpaired) electrons. The summed E-state index contributed by atoms with van der Waals surface area (Å²) in [7, 11) is 0. The minimum Gasteiger partial charge on any atom is -0.481 e. The van der Waals surface area contributed by atoms with E-state index >= 15 is 0 Å². The number of hydrogen-bond donors (Lipinski definition) is 1. The fourth-order valence-corrected chi connectivity index (χ4v) is 2.74. The maximum atomic E-state index is 11.2. The SMILES string of the molecule is O=C(O)CSc1nc(=O)ccn1CCc1cscn1. The van der Waals surface area contributed by atoms with Gasteiger partial charge in [0.15, 0.2) is 5.16 Å². The van der Waals surface area contributed by atoms with E-state index < -0.39 is 5.97 Å². The normalized spacial score (nSPS) is 10.5. The number of hydrogen-bond acceptors (Lipinski definition) is 6. The Labute approximate surface area is 117 Å². The van der Waals surface area contributed by atoms with Gasteiger partial charge in [0, 0.05) is 30.6 Å². The van der Waals surface area contributed by atoms with Crippen molar-refractivity contribution >= 4 is 29.1 Å². The number of rotatable bonds is 6. The van der Waals surface area contributed by atoms with E-state index in [2.05, 4.69) is 9.97 Å². The molecule has 0 fully saturated rings. The van der Waals surface area contributed by atoms with Crippen LogP contribution >= 0.6 is 23.1 Å². The van der Waals surface area contributed by atoms with E-state index in [1.165, 1.54) is 17.4 Å². The summed E-state index contributed by atoms with van der Waals surface area (Å²) in [4.78, 5) is 29.8. The molecule has 2 aromatic heterocycles. The second kappa shape index (κ2) is 6.48. The number of thiazole rings is 1. The Morgan fingerprint density at radius 2 is 2.37 bits per heavy atom. The van der Waals surface area contributed by atoms with E-state index in [-0.39, 0.29) is 11.3 Å². The van der Waals surface area contributed by atoms with Crippen molar-refractivity contribution in [3.63, 3.8) is 0 Å². The number of carbonyl (C=O) groups is 1. The molecule has 0 bridgehead atoms. The summed E-state index contributed by atoms with van der Waals surface area (Å²) in [6.07, 6.45) is 2.35. The van der Waals surface area contributed by atoms with Gasteiger partial charge in [0.25, 0.3) is 5.56 Å². The van der Waals surface area contributed by atoms with Gasteiger partial charge in [-0.05, 0) is 0 Å². The zero-order valence-corrected chi connectivity index (χ0v) is 11.5. The fraction of sp³-hybridized carbons (Fsp3) is 0.273. The smallest absolute Gasteiger partial charge is 0.313 e. The number of carboxylic acid groups (broad SMARTS) is 1. The van der Waals surface area contributed by atoms with Crippen molar-refractivity contribution in [2.45, 2.75) is 18.1 Å². The van der Waals surface area contributed by atoms with E-state index in [1.54, 1.807) is 16.3 Å². The first-order valence-electron chi connectivity index (χ1n) is 5.44. The van der Waals surface area contributed by atoms with Crippen molar-refractivity contribution in [1.29, 1.82) is 0 Å². The molecule has 2 rings (SSSR count). The average Bonchev–Trinajstić information content (AvgIpc) is 2.88. The molecule has 2 heterocycles. The molecule has 0 spiro atoms. The molecule has 0 atom stereocenters. The molecule has 100 valence electrons. The number of carboxylic acids is 1. The summed E-state index contributed by atoms with van der Waals surface area (Å²) in [6, 6.07) is 1.37. The first kappa shape index (κ1) is 13.8. The monoisotopic (exact) mass is 297 g/mol. The minimum absolute atomic E-state index is 0.118. The van der Waals surface area contributed by atoms with Crippen LogP contribution in [0.25, 0.3) is 0 Å². The van der Waals surface area contributed by atoms with Crippen molar-refractivity contribution in [1.82, 2.24) is 14.5 Å². The van der Waals surface area contributed by atoms with Gasteiger partial charge in [-0.3, -0.25) is 9.59 Å². The topological polar surface area (TPSA) is 85.1 Å². The zero-order chi connectivity index (χ0) is 13.7. The highest BCUT2D eigenvalue weighted by Crippen LogP contribution is 2.14. The van der Waals surface area contributed by atoms with Gasteiger partial charge in [-0.1, -0.05) is 11.8 Å². The third kappa shape index (κ3) is 4.18. The molecule has 0 aliphatic carbocycles. The van der Waals surface area contributed by atoms with Crippen LogP contribution < -0.4 is 5.56 Å². The van der Waals surface area contributed by atoms with Crippen LogP contribution in [0.2, 0.25) is 0 Å². The molecule has 2 aromatic rings. The fourth-order valence-electron chi connectivity index (χ4n) is 1.42. The van der Waals surface area contributed by atoms with Gasteiger partial charge >= 0.3 is 5.97 Å². The lowest BCUT2D eigenvalue weighted by molar-refractivity contribution is -0.133. The summed E-state index contributed by atoms with van der Waals surface area (Å²) in [5, 5.41) is 11.1. The zero-order valence-electron chi connectivity index (χ0n) is 9.85. The molecule has 19 heavy (non-hydrogen) atoms. The molecule has 0 saturated heterocycles. The van der Waals surface area contributed by atoms with Crippen LogP contribution in [0.5, 0.6) is 0 Å². The van der Waals surface area contributed by atoms with Crippen LogP contribution in [0.3, 0.4) is 0 Å². The highest BCUT2D eigenvalue weighted by Gasteiger charge is 2.07. The van der Waals surface area contributed by atoms with Gasteiger partial charge in [-0.2, -0.15) is 4.98 Å². The number of aliphatic carboxylic acids is 1. The van der Waals surface area contributed by atoms with Crippen LogP contribution in [0, 0.1) is 0 Å². The van der Waals surface area contributed by atoms with Crippen molar-refractivity contribution in [3.05, 3.63) is 39.2 Å². The van der Waals surface area contributed by atoms with Gasteiger partial charge in [0.2, 0.25) is 0 Å². The van der Waals surface area contributed by atoms with Crippen LogP contribution in [-0.2, 0) is 17.8 Å². The third-order valence-corrected chi connectivity index (χ3v) is 3.88. The molecular formula is C11H11N3O3S2. The van der Waals surface area contributed by atoms with Crippen LogP contribution in [0.4, 0.5) is 0 Å². The molecule has 0 aromatic carbocycles. The van der Waals surface area contributed by atoms with E-state index in [0.717, 1.165) is 17.5 Å². The molecule has 0 saturated carbocycles. The Morgan fingerprint density at radius 1 is 1.53 bits per heavy atom. The molecule has 0 unspecified atom stereocenters.